The van der Waals surface area contributed by atoms with Gasteiger partial charge in [-0.2, -0.15) is 4.31 Å². The summed E-state index contributed by atoms with van der Waals surface area (Å²) in [5.74, 6) is -1.37. The number of morpholine rings is 1. The zero-order valence-electron chi connectivity index (χ0n) is 17.9. The van der Waals surface area contributed by atoms with E-state index >= 15 is 0 Å². The van der Waals surface area contributed by atoms with Crippen molar-refractivity contribution in [2.24, 2.45) is 0 Å². The fourth-order valence-corrected chi connectivity index (χ4v) is 5.55. The molecule has 2 aromatic carbocycles. The van der Waals surface area contributed by atoms with Crippen LogP contribution in [0.4, 0.5) is 15.8 Å². The fourth-order valence-electron chi connectivity index (χ4n) is 4.06. The van der Waals surface area contributed by atoms with Gasteiger partial charge < -0.3 is 15.0 Å². The maximum Gasteiger partial charge on any atom is 0.255 e. The molecule has 0 aromatic heterocycles. The van der Waals surface area contributed by atoms with Gasteiger partial charge in [0.1, 0.15) is 10.7 Å². The number of carbonyl (C=O) groups is 1. The first-order chi connectivity index (χ1) is 15.4. The van der Waals surface area contributed by atoms with E-state index in [0.29, 0.717) is 5.69 Å². The second-order valence-electron chi connectivity index (χ2n) is 8.06. The van der Waals surface area contributed by atoms with Gasteiger partial charge in [-0.3, -0.25) is 4.79 Å². The molecular formula is C23H28FN3O4S. The quantitative estimate of drug-likeness (QED) is 0.738. The first-order valence-corrected chi connectivity index (χ1v) is 12.4. The molecule has 172 valence electrons. The second kappa shape index (κ2) is 9.97. The van der Waals surface area contributed by atoms with Gasteiger partial charge in [-0.25, -0.2) is 12.8 Å². The van der Waals surface area contributed by atoms with Crippen molar-refractivity contribution in [3.63, 3.8) is 0 Å². The van der Waals surface area contributed by atoms with Crippen LogP contribution in [-0.4, -0.2) is 58.0 Å². The third-order valence-corrected chi connectivity index (χ3v) is 7.79. The van der Waals surface area contributed by atoms with E-state index < -0.39 is 26.6 Å². The van der Waals surface area contributed by atoms with Crippen molar-refractivity contribution in [2.75, 3.05) is 49.6 Å². The number of anilines is 2. The highest BCUT2D eigenvalue weighted by Gasteiger charge is 2.29. The van der Waals surface area contributed by atoms with Crippen LogP contribution in [0, 0.1) is 5.82 Å². The Morgan fingerprint density at radius 3 is 2.22 bits per heavy atom. The van der Waals surface area contributed by atoms with Crippen molar-refractivity contribution >= 4 is 27.3 Å². The lowest BCUT2D eigenvalue weighted by molar-refractivity contribution is 0.0729. The van der Waals surface area contributed by atoms with Gasteiger partial charge >= 0.3 is 0 Å². The van der Waals surface area contributed by atoms with E-state index in [1.165, 1.54) is 36.1 Å². The fraction of sp³-hybridized carbons (Fsp3) is 0.435. The molecule has 9 heteroatoms. The van der Waals surface area contributed by atoms with E-state index in [1.54, 1.807) is 0 Å². The normalized spacial score (nSPS) is 18.2. The summed E-state index contributed by atoms with van der Waals surface area (Å²) < 4.78 is 46.4. The minimum Gasteiger partial charge on any atom is -0.379 e. The summed E-state index contributed by atoms with van der Waals surface area (Å²) in [4.78, 5) is 14.6. The van der Waals surface area contributed by atoms with Crippen LogP contribution in [0.2, 0.25) is 0 Å². The smallest absolute Gasteiger partial charge is 0.255 e. The molecule has 1 N–H and O–H groups in total. The van der Waals surface area contributed by atoms with Crippen molar-refractivity contribution < 1.29 is 22.3 Å². The van der Waals surface area contributed by atoms with E-state index in [1.807, 2.05) is 24.3 Å². The summed E-state index contributed by atoms with van der Waals surface area (Å²) >= 11 is 0. The summed E-state index contributed by atoms with van der Waals surface area (Å²) in [5.41, 5.74) is 1.79. The number of nitrogens with one attached hydrogen (secondary N) is 1. The molecule has 4 rings (SSSR count). The molecule has 2 fully saturated rings. The Bertz CT molecular complexity index is 1050. The zero-order valence-corrected chi connectivity index (χ0v) is 18.7. The van der Waals surface area contributed by atoms with Gasteiger partial charge in [0.05, 0.1) is 13.2 Å². The van der Waals surface area contributed by atoms with Crippen molar-refractivity contribution in [3.8, 4) is 0 Å². The zero-order chi connectivity index (χ0) is 22.6. The van der Waals surface area contributed by atoms with Crippen LogP contribution in [0.3, 0.4) is 0 Å². The number of benzene rings is 2. The van der Waals surface area contributed by atoms with Gasteiger partial charge in [-0.15, -0.1) is 0 Å². The standard InChI is InChI=1S/C23H28FN3O4S/c24-21-10-5-18(17-22(21)32(29,30)27-13-15-31-16-14-27)23(28)25-19-6-8-20(9-7-19)26-11-3-1-2-4-12-26/h5-10,17H,1-4,11-16H2,(H,25,28). The maximum absolute atomic E-state index is 14.4. The molecule has 1 amide bonds. The summed E-state index contributed by atoms with van der Waals surface area (Å²) in [5, 5.41) is 2.77. The van der Waals surface area contributed by atoms with Crippen molar-refractivity contribution in [2.45, 2.75) is 30.6 Å². The first kappa shape index (κ1) is 22.7. The maximum atomic E-state index is 14.4. The Morgan fingerprint density at radius 1 is 0.906 bits per heavy atom. The Balaban J connectivity index is 1.48. The predicted molar refractivity (Wildman–Crippen MR) is 121 cm³/mol. The number of rotatable bonds is 5. The second-order valence-corrected chi connectivity index (χ2v) is 9.97. The molecule has 2 aromatic rings. The van der Waals surface area contributed by atoms with Crippen molar-refractivity contribution in [1.29, 1.82) is 0 Å². The highest BCUT2D eigenvalue weighted by Crippen LogP contribution is 2.24. The molecular weight excluding hydrogens is 433 g/mol. The highest BCUT2D eigenvalue weighted by molar-refractivity contribution is 7.89. The van der Waals surface area contributed by atoms with Gasteiger partial charge in [0.25, 0.3) is 5.91 Å². The van der Waals surface area contributed by atoms with Gasteiger partial charge in [0.15, 0.2) is 0 Å². The van der Waals surface area contributed by atoms with Gasteiger partial charge in [-0.1, -0.05) is 12.8 Å². The number of carbonyl (C=O) groups excluding carboxylic acids is 1. The molecule has 7 nitrogen and oxygen atoms in total. The van der Waals surface area contributed by atoms with E-state index in [4.69, 9.17) is 4.74 Å². The number of amides is 1. The Morgan fingerprint density at radius 2 is 1.56 bits per heavy atom. The molecule has 0 atom stereocenters. The number of halogens is 1. The molecule has 2 aliphatic heterocycles. The van der Waals surface area contributed by atoms with Crippen LogP contribution in [0.5, 0.6) is 0 Å². The minimum absolute atomic E-state index is 0.0785. The van der Waals surface area contributed by atoms with E-state index in [-0.39, 0.29) is 31.9 Å². The largest absolute Gasteiger partial charge is 0.379 e. The molecule has 0 aliphatic carbocycles. The Hall–Kier alpha value is -2.49. The topological polar surface area (TPSA) is 79.0 Å². The number of ether oxygens (including phenoxy) is 1. The van der Waals surface area contributed by atoms with Gasteiger partial charge in [-0.05, 0) is 55.3 Å². The van der Waals surface area contributed by atoms with E-state index in [0.717, 1.165) is 30.9 Å². The SMILES string of the molecule is O=C(Nc1ccc(N2CCCCCC2)cc1)c1ccc(F)c(S(=O)(=O)N2CCOCC2)c1. The Labute approximate surface area is 188 Å². The lowest BCUT2D eigenvalue weighted by Gasteiger charge is -2.26. The number of hydrogen-bond acceptors (Lipinski definition) is 5. The number of sulfonamides is 1. The van der Waals surface area contributed by atoms with Crippen LogP contribution in [0.25, 0.3) is 0 Å². The van der Waals surface area contributed by atoms with Gasteiger partial charge in [0, 0.05) is 43.1 Å². The van der Waals surface area contributed by atoms with Gasteiger partial charge in [0.2, 0.25) is 10.0 Å². The van der Waals surface area contributed by atoms with E-state index in [2.05, 4.69) is 10.2 Å². The highest BCUT2D eigenvalue weighted by atomic mass is 32.2. The first-order valence-electron chi connectivity index (χ1n) is 11.0. The average molecular weight is 462 g/mol. The van der Waals surface area contributed by atoms with Crippen LogP contribution < -0.4 is 10.2 Å². The molecule has 2 saturated heterocycles. The molecule has 0 spiro atoms. The molecule has 0 bridgehead atoms. The van der Waals surface area contributed by atoms with Crippen LogP contribution >= 0.6 is 0 Å². The lowest BCUT2D eigenvalue weighted by Crippen LogP contribution is -2.41. The summed E-state index contributed by atoms with van der Waals surface area (Å²) in [7, 11) is -4.05. The molecule has 2 heterocycles. The lowest BCUT2D eigenvalue weighted by atomic mass is 10.2. The average Bonchev–Trinajstić information content (AvgIpc) is 3.10. The van der Waals surface area contributed by atoms with Crippen LogP contribution in [0.15, 0.2) is 47.4 Å². The Kier molecular flexibility index (Phi) is 7.07. The van der Waals surface area contributed by atoms with E-state index in [9.17, 15) is 17.6 Å². The summed E-state index contributed by atoms with van der Waals surface area (Å²) in [6, 6.07) is 11.0. The minimum atomic E-state index is -4.05. The molecule has 2 aliphatic rings. The van der Waals surface area contributed by atoms with Crippen molar-refractivity contribution in [3.05, 3.63) is 53.8 Å². The summed E-state index contributed by atoms with van der Waals surface area (Å²) in [6.45, 7) is 2.88. The number of nitrogens with zero attached hydrogens (tertiary/aromatic N) is 2. The molecule has 32 heavy (non-hydrogen) atoms. The monoisotopic (exact) mass is 461 g/mol. The number of hydrogen-bond donors (Lipinski definition) is 1. The summed E-state index contributed by atoms with van der Waals surface area (Å²) in [6.07, 6.45) is 4.87. The van der Waals surface area contributed by atoms with Crippen LogP contribution in [0.1, 0.15) is 36.0 Å². The predicted octanol–water partition coefficient (Wildman–Crippen LogP) is 3.48. The van der Waals surface area contributed by atoms with Crippen LogP contribution in [-0.2, 0) is 14.8 Å². The molecule has 0 saturated carbocycles. The molecule has 0 radical (unpaired) electrons. The molecule has 0 unspecified atom stereocenters. The third kappa shape index (κ3) is 5.11. The third-order valence-electron chi connectivity index (χ3n) is 5.88. The van der Waals surface area contributed by atoms with Crippen molar-refractivity contribution in [1.82, 2.24) is 4.31 Å².